The van der Waals surface area contributed by atoms with Crippen molar-refractivity contribution < 1.29 is 4.42 Å². The Morgan fingerprint density at radius 3 is 2.88 bits per heavy atom. The highest BCUT2D eigenvalue weighted by atomic mass is 16.3. The van der Waals surface area contributed by atoms with Gasteiger partial charge in [0.1, 0.15) is 5.76 Å². The maximum absolute atomic E-state index is 5.43. The summed E-state index contributed by atoms with van der Waals surface area (Å²) in [6, 6.07) is 3.98. The summed E-state index contributed by atoms with van der Waals surface area (Å²) >= 11 is 0. The van der Waals surface area contributed by atoms with Gasteiger partial charge in [-0.25, -0.2) is 0 Å². The molecule has 1 atom stereocenters. The Labute approximate surface area is 153 Å². The number of likely N-dealkylation sites (tertiary alicyclic amines) is 1. The Hall–Kier alpha value is -1.49. The van der Waals surface area contributed by atoms with Crippen LogP contribution in [0.5, 0.6) is 0 Å². The minimum atomic E-state index is 0.753. The Morgan fingerprint density at radius 1 is 1.36 bits per heavy atom. The molecule has 0 saturated carbocycles. The molecule has 1 aromatic heterocycles. The van der Waals surface area contributed by atoms with Gasteiger partial charge < -0.3 is 19.5 Å². The van der Waals surface area contributed by atoms with E-state index >= 15 is 0 Å². The van der Waals surface area contributed by atoms with Crippen LogP contribution in [0.2, 0.25) is 0 Å². The van der Waals surface area contributed by atoms with E-state index < -0.39 is 0 Å². The molecule has 25 heavy (non-hydrogen) atoms. The predicted octanol–water partition coefficient (Wildman–Crippen LogP) is 3.23. The third-order valence-electron chi connectivity index (χ3n) is 5.00. The second-order valence-electron chi connectivity index (χ2n) is 6.90. The number of furan rings is 1. The van der Waals surface area contributed by atoms with Gasteiger partial charge in [0.25, 0.3) is 0 Å². The van der Waals surface area contributed by atoms with Crippen LogP contribution >= 0.6 is 0 Å². The zero-order chi connectivity index (χ0) is 17.9. The number of nitrogens with one attached hydrogen (secondary N) is 1. The molecule has 5 heteroatoms. The van der Waals surface area contributed by atoms with Crippen molar-refractivity contribution in [2.75, 3.05) is 45.8 Å². The van der Waals surface area contributed by atoms with Gasteiger partial charge >= 0.3 is 0 Å². The fourth-order valence-electron chi connectivity index (χ4n) is 3.38. The fraction of sp³-hybridized carbons (Fsp3) is 0.750. The van der Waals surface area contributed by atoms with Gasteiger partial charge in [0, 0.05) is 39.1 Å². The first kappa shape index (κ1) is 19.8. The molecule has 1 unspecified atom stereocenters. The molecule has 142 valence electrons. The number of nitrogens with zero attached hydrogens (tertiary/aromatic N) is 3. The minimum absolute atomic E-state index is 0.753. The summed E-state index contributed by atoms with van der Waals surface area (Å²) in [6.07, 6.45) is 6.25. The largest absolute Gasteiger partial charge is 0.469 e. The van der Waals surface area contributed by atoms with Crippen molar-refractivity contribution in [2.24, 2.45) is 10.9 Å². The second-order valence-corrected chi connectivity index (χ2v) is 6.90. The third-order valence-corrected chi connectivity index (χ3v) is 5.00. The first-order valence-electron chi connectivity index (χ1n) is 10.0. The molecule has 2 rings (SSSR count). The van der Waals surface area contributed by atoms with Crippen LogP contribution in [0.4, 0.5) is 0 Å². The molecule has 1 fully saturated rings. The highest BCUT2D eigenvalue weighted by Gasteiger charge is 2.26. The van der Waals surface area contributed by atoms with Gasteiger partial charge in [0.05, 0.1) is 6.26 Å². The van der Waals surface area contributed by atoms with Gasteiger partial charge in [-0.15, -0.1) is 0 Å². The van der Waals surface area contributed by atoms with Crippen molar-refractivity contribution >= 4 is 5.96 Å². The summed E-state index contributed by atoms with van der Waals surface area (Å²) in [5.74, 6) is 2.87. The van der Waals surface area contributed by atoms with E-state index in [1.807, 2.05) is 12.1 Å². The predicted molar refractivity (Wildman–Crippen MR) is 105 cm³/mol. The number of unbranched alkanes of at least 4 members (excludes halogenated alkanes) is 1. The summed E-state index contributed by atoms with van der Waals surface area (Å²) < 4.78 is 5.43. The molecule has 0 aromatic carbocycles. The average molecular weight is 349 g/mol. The molecule has 5 nitrogen and oxygen atoms in total. The smallest absolute Gasteiger partial charge is 0.193 e. The maximum atomic E-state index is 5.43. The minimum Gasteiger partial charge on any atom is -0.469 e. The van der Waals surface area contributed by atoms with Crippen LogP contribution in [0.1, 0.15) is 45.8 Å². The zero-order valence-corrected chi connectivity index (χ0v) is 16.3. The first-order valence-corrected chi connectivity index (χ1v) is 10.0. The van der Waals surface area contributed by atoms with Gasteiger partial charge in [-0.3, -0.25) is 4.99 Å². The van der Waals surface area contributed by atoms with Gasteiger partial charge in [0.2, 0.25) is 0 Å². The van der Waals surface area contributed by atoms with Crippen molar-refractivity contribution in [1.29, 1.82) is 0 Å². The van der Waals surface area contributed by atoms with E-state index in [1.165, 1.54) is 19.4 Å². The van der Waals surface area contributed by atoms with Crippen LogP contribution in [0.15, 0.2) is 27.8 Å². The van der Waals surface area contributed by atoms with Crippen molar-refractivity contribution in [3.05, 3.63) is 24.2 Å². The number of guanidine groups is 1. The lowest BCUT2D eigenvalue weighted by Crippen LogP contribution is -2.41. The van der Waals surface area contributed by atoms with Crippen molar-refractivity contribution in [3.8, 4) is 0 Å². The fourth-order valence-corrected chi connectivity index (χ4v) is 3.38. The molecule has 1 saturated heterocycles. The normalized spacial score (nSPS) is 18.3. The third kappa shape index (κ3) is 6.73. The number of hydrogen-bond donors (Lipinski definition) is 1. The lowest BCUT2D eigenvalue weighted by molar-refractivity contribution is 0.255. The van der Waals surface area contributed by atoms with Crippen molar-refractivity contribution in [1.82, 2.24) is 15.1 Å². The van der Waals surface area contributed by atoms with Crippen LogP contribution in [0, 0.1) is 5.92 Å². The Kier molecular flexibility index (Phi) is 8.87. The van der Waals surface area contributed by atoms with Crippen molar-refractivity contribution in [2.45, 2.75) is 46.5 Å². The lowest BCUT2D eigenvalue weighted by Gasteiger charge is -2.24. The van der Waals surface area contributed by atoms with Crippen LogP contribution < -0.4 is 5.32 Å². The molecule has 2 heterocycles. The molecule has 1 aliphatic rings. The monoisotopic (exact) mass is 348 g/mol. The Bertz CT molecular complexity index is 482. The molecular weight excluding hydrogens is 312 g/mol. The SMILES string of the molecule is CCCCN=C(NCCc1ccco1)N1CCC(CN(CC)CC)C1. The average Bonchev–Trinajstić information content (AvgIpc) is 3.30. The Balaban J connectivity index is 1.85. The summed E-state index contributed by atoms with van der Waals surface area (Å²) in [5, 5.41) is 3.56. The molecule has 0 spiro atoms. The van der Waals surface area contributed by atoms with E-state index in [2.05, 4.69) is 35.9 Å². The second kappa shape index (κ2) is 11.2. The molecule has 1 N–H and O–H groups in total. The zero-order valence-electron chi connectivity index (χ0n) is 16.3. The van der Waals surface area contributed by atoms with E-state index in [0.29, 0.717) is 0 Å². The van der Waals surface area contributed by atoms with Crippen LogP contribution in [0.3, 0.4) is 0 Å². The van der Waals surface area contributed by atoms with E-state index in [0.717, 1.165) is 69.7 Å². The number of hydrogen-bond acceptors (Lipinski definition) is 3. The summed E-state index contributed by atoms with van der Waals surface area (Å²) in [7, 11) is 0. The Morgan fingerprint density at radius 2 is 2.20 bits per heavy atom. The van der Waals surface area contributed by atoms with E-state index in [4.69, 9.17) is 9.41 Å². The van der Waals surface area contributed by atoms with Gasteiger partial charge in [-0.1, -0.05) is 27.2 Å². The van der Waals surface area contributed by atoms with Gasteiger partial charge in [0.15, 0.2) is 5.96 Å². The molecular formula is C20H36N4O. The molecule has 0 aliphatic carbocycles. The summed E-state index contributed by atoms with van der Waals surface area (Å²) in [4.78, 5) is 9.84. The first-order chi connectivity index (χ1) is 12.3. The number of rotatable bonds is 10. The van der Waals surface area contributed by atoms with E-state index in [-0.39, 0.29) is 0 Å². The van der Waals surface area contributed by atoms with Crippen molar-refractivity contribution in [3.63, 3.8) is 0 Å². The molecule has 0 radical (unpaired) electrons. The van der Waals surface area contributed by atoms with Gasteiger partial charge in [-0.2, -0.15) is 0 Å². The van der Waals surface area contributed by atoms with Gasteiger partial charge in [-0.05, 0) is 44.0 Å². The van der Waals surface area contributed by atoms with E-state index in [9.17, 15) is 0 Å². The van der Waals surface area contributed by atoms with Crippen LogP contribution in [-0.4, -0.2) is 61.6 Å². The molecule has 0 amide bonds. The lowest BCUT2D eigenvalue weighted by atomic mass is 10.1. The standard InChI is InChI=1S/C20H36N4O/c1-4-7-12-21-20(22-13-10-19-9-8-15-25-19)24-14-11-18(17-24)16-23(5-2)6-3/h8-9,15,18H,4-7,10-14,16-17H2,1-3H3,(H,21,22). The van der Waals surface area contributed by atoms with Crippen LogP contribution in [-0.2, 0) is 6.42 Å². The summed E-state index contributed by atoms with van der Waals surface area (Å²) in [5.41, 5.74) is 0. The highest BCUT2D eigenvalue weighted by Crippen LogP contribution is 2.17. The summed E-state index contributed by atoms with van der Waals surface area (Å²) in [6.45, 7) is 14.2. The molecule has 1 aliphatic heterocycles. The highest BCUT2D eigenvalue weighted by molar-refractivity contribution is 5.80. The van der Waals surface area contributed by atoms with Crippen LogP contribution in [0.25, 0.3) is 0 Å². The quantitative estimate of drug-likeness (QED) is 0.400. The maximum Gasteiger partial charge on any atom is 0.193 e. The molecule has 1 aromatic rings. The topological polar surface area (TPSA) is 44.0 Å². The molecule has 0 bridgehead atoms. The van der Waals surface area contributed by atoms with E-state index in [1.54, 1.807) is 6.26 Å². The number of aliphatic imine (C=N–C) groups is 1.